The van der Waals surface area contributed by atoms with Crippen molar-refractivity contribution in [1.29, 1.82) is 0 Å². The molecule has 1 aromatic carbocycles. The van der Waals surface area contributed by atoms with E-state index < -0.39 is 0 Å². The highest BCUT2D eigenvalue weighted by Gasteiger charge is 2.15. The molecule has 1 saturated heterocycles. The lowest BCUT2D eigenvalue weighted by molar-refractivity contribution is -0.132. The Labute approximate surface area is 138 Å². The van der Waals surface area contributed by atoms with E-state index in [1.807, 2.05) is 23.1 Å². The van der Waals surface area contributed by atoms with E-state index in [0.717, 1.165) is 49.4 Å². The van der Waals surface area contributed by atoms with Crippen molar-refractivity contribution >= 4 is 12.0 Å². The lowest BCUT2D eigenvalue weighted by Crippen LogP contribution is -2.35. The molecule has 1 fully saturated rings. The summed E-state index contributed by atoms with van der Waals surface area (Å²) >= 11 is 0. The molecule has 0 saturated carbocycles. The van der Waals surface area contributed by atoms with Gasteiger partial charge in [0.05, 0.1) is 0 Å². The van der Waals surface area contributed by atoms with Crippen LogP contribution in [0.5, 0.6) is 11.5 Å². The number of amides is 1. The Hall–Kier alpha value is -1.97. The molecule has 0 bridgehead atoms. The van der Waals surface area contributed by atoms with Crippen molar-refractivity contribution in [3.8, 4) is 11.5 Å². The van der Waals surface area contributed by atoms with Crippen LogP contribution in [0.1, 0.15) is 50.5 Å². The molecule has 124 valence electrons. The molecule has 0 aliphatic carbocycles. The van der Waals surface area contributed by atoms with Gasteiger partial charge >= 0.3 is 0 Å². The summed E-state index contributed by atoms with van der Waals surface area (Å²) in [6.07, 6.45) is 11.6. The molecule has 0 N–H and O–H groups in total. The van der Waals surface area contributed by atoms with Gasteiger partial charge in [-0.1, -0.05) is 18.2 Å². The smallest absolute Gasteiger partial charge is 0.231 e. The summed E-state index contributed by atoms with van der Waals surface area (Å²) in [5.74, 6) is 1.97. The van der Waals surface area contributed by atoms with Crippen LogP contribution in [0, 0.1) is 0 Å². The Morgan fingerprint density at radius 1 is 1.09 bits per heavy atom. The van der Waals surface area contributed by atoms with Gasteiger partial charge in [-0.15, -0.1) is 0 Å². The van der Waals surface area contributed by atoms with Crippen molar-refractivity contribution in [2.75, 3.05) is 19.9 Å². The second-order valence-electron chi connectivity index (χ2n) is 6.20. The van der Waals surface area contributed by atoms with Gasteiger partial charge in [-0.3, -0.25) is 4.79 Å². The highest BCUT2D eigenvalue weighted by molar-refractivity contribution is 5.76. The molecule has 2 aliphatic rings. The van der Waals surface area contributed by atoms with Crippen LogP contribution < -0.4 is 9.47 Å². The molecule has 0 atom stereocenters. The first kappa shape index (κ1) is 15.9. The van der Waals surface area contributed by atoms with Crippen LogP contribution in [0.3, 0.4) is 0 Å². The predicted octanol–water partition coefficient (Wildman–Crippen LogP) is 4.00. The van der Waals surface area contributed by atoms with Crippen LogP contribution in [0.4, 0.5) is 0 Å². The number of hydrogen-bond acceptors (Lipinski definition) is 3. The lowest BCUT2D eigenvalue weighted by atomic mass is 10.1. The molecule has 23 heavy (non-hydrogen) atoms. The fraction of sp³-hybridized carbons (Fsp3) is 0.526. The minimum absolute atomic E-state index is 0.313. The second kappa shape index (κ2) is 8.04. The summed E-state index contributed by atoms with van der Waals surface area (Å²) in [5.41, 5.74) is 1.12. The molecule has 2 aliphatic heterocycles. The monoisotopic (exact) mass is 315 g/mol. The molecule has 0 unspecified atom stereocenters. The molecule has 0 aromatic heterocycles. The van der Waals surface area contributed by atoms with Gasteiger partial charge in [-0.2, -0.15) is 0 Å². The minimum atomic E-state index is 0.313. The van der Waals surface area contributed by atoms with Crippen molar-refractivity contribution < 1.29 is 14.3 Å². The molecule has 0 radical (unpaired) electrons. The fourth-order valence-corrected chi connectivity index (χ4v) is 3.08. The first-order chi connectivity index (χ1) is 11.3. The number of carbonyl (C=O) groups excluding carboxylic acids is 1. The van der Waals surface area contributed by atoms with Crippen molar-refractivity contribution in [2.45, 2.75) is 44.9 Å². The number of nitrogens with zero attached hydrogens (tertiary/aromatic N) is 1. The van der Waals surface area contributed by atoms with Gasteiger partial charge in [0.2, 0.25) is 12.7 Å². The minimum Gasteiger partial charge on any atom is -0.454 e. The van der Waals surface area contributed by atoms with Gasteiger partial charge < -0.3 is 14.4 Å². The van der Waals surface area contributed by atoms with Gasteiger partial charge in [-0.05, 0) is 56.2 Å². The number of fused-ring (bicyclic) bond motifs is 1. The van der Waals surface area contributed by atoms with Gasteiger partial charge in [-0.25, -0.2) is 0 Å². The predicted molar refractivity (Wildman–Crippen MR) is 90.5 cm³/mol. The van der Waals surface area contributed by atoms with E-state index in [0.29, 0.717) is 19.1 Å². The molecule has 1 amide bonds. The Balaban J connectivity index is 1.34. The van der Waals surface area contributed by atoms with Crippen LogP contribution in [0.15, 0.2) is 24.3 Å². The van der Waals surface area contributed by atoms with Crippen LogP contribution in [-0.4, -0.2) is 30.7 Å². The molecule has 1 aromatic rings. The summed E-state index contributed by atoms with van der Waals surface area (Å²) in [4.78, 5) is 14.1. The van der Waals surface area contributed by atoms with Crippen LogP contribution >= 0.6 is 0 Å². The first-order valence-electron chi connectivity index (χ1n) is 8.67. The zero-order chi connectivity index (χ0) is 15.9. The van der Waals surface area contributed by atoms with Crippen LogP contribution in [-0.2, 0) is 4.79 Å². The first-order valence-corrected chi connectivity index (χ1v) is 8.67. The normalized spacial score (nSPS) is 17.0. The molecule has 4 heteroatoms. The zero-order valence-corrected chi connectivity index (χ0v) is 13.6. The number of unbranched alkanes of at least 4 members (excludes halogenated alkanes) is 2. The fourth-order valence-electron chi connectivity index (χ4n) is 3.08. The summed E-state index contributed by atoms with van der Waals surface area (Å²) in [7, 11) is 0. The average molecular weight is 315 g/mol. The number of benzene rings is 1. The number of ether oxygens (including phenoxy) is 2. The van der Waals surface area contributed by atoms with E-state index in [2.05, 4.69) is 12.2 Å². The molecular weight excluding hydrogens is 290 g/mol. The standard InChI is InChI=1S/C19H25NO3/c21-19(20-12-6-3-7-13-20)9-5-2-1-4-8-16-10-11-17-18(14-16)23-15-22-17/h4,8,10-11,14H,1-3,5-7,9,12-13,15H2. The maximum Gasteiger partial charge on any atom is 0.231 e. The maximum absolute atomic E-state index is 12.0. The number of rotatable bonds is 6. The average Bonchev–Trinajstić information content (AvgIpc) is 3.06. The Bertz CT molecular complexity index is 562. The summed E-state index contributed by atoms with van der Waals surface area (Å²) < 4.78 is 10.7. The number of piperidine rings is 1. The summed E-state index contributed by atoms with van der Waals surface area (Å²) in [6, 6.07) is 5.97. The van der Waals surface area contributed by atoms with E-state index in [1.165, 1.54) is 19.3 Å². The zero-order valence-electron chi connectivity index (χ0n) is 13.6. The highest BCUT2D eigenvalue weighted by Crippen LogP contribution is 2.32. The van der Waals surface area contributed by atoms with E-state index in [9.17, 15) is 4.79 Å². The number of likely N-dealkylation sites (tertiary alicyclic amines) is 1. The third kappa shape index (κ3) is 4.50. The van der Waals surface area contributed by atoms with Gasteiger partial charge in [0.25, 0.3) is 0 Å². The van der Waals surface area contributed by atoms with Gasteiger partial charge in [0, 0.05) is 19.5 Å². The lowest BCUT2D eigenvalue weighted by Gasteiger charge is -2.26. The quantitative estimate of drug-likeness (QED) is 0.745. The Morgan fingerprint density at radius 2 is 1.91 bits per heavy atom. The van der Waals surface area contributed by atoms with E-state index in [4.69, 9.17) is 9.47 Å². The number of carbonyl (C=O) groups is 1. The Kier molecular flexibility index (Phi) is 5.56. The van der Waals surface area contributed by atoms with E-state index in [-0.39, 0.29) is 0 Å². The third-order valence-electron chi connectivity index (χ3n) is 4.43. The largest absolute Gasteiger partial charge is 0.454 e. The molecular formula is C19H25NO3. The van der Waals surface area contributed by atoms with E-state index in [1.54, 1.807) is 0 Å². The molecule has 0 spiro atoms. The summed E-state index contributed by atoms with van der Waals surface area (Å²) in [5, 5.41) is 0. The molecule has 4 nitrogen and oxygen atoms in total. The highest BCUT2D eigenvalue weighted by atomic mass is 16.7. The number of hydrogen-bond donors (Lipinski definition) is 0. The number of allylic oxidation sites excluding steroid dienone is 1. The Morgan fingerprint density at radius 3 is 2.78 bits per heavy atom. The van der Waals surface area contributed by atoms with Crippen molar-refractivity contribution in [3.05, 3.63) is 29.8 Å². The van der Waals surface area contributed by atoms with Crippen LogP contribution in [0.25, 0.3) is 6.08 Å². The van der Waals surface area contributed by atoms with Gasteiger partial charge in [0.15, 0.2) is 11.5 Å². The molecule has 2 heterocycles. The summed E-state index contributed by atoms with van der Waals surface area (Å²) in [6.45, 7) is 2.24. The van der Waals surface area contributed by atoms with Crippen molar-refractivity contribution in [3.63, 3.8) is 0 Å². The maximum atomic E-state index is 12.0. The van der Waals surface area contributed by atoms with Crippen molar-refractivity contribution in [2.24, 2.45) is 0 Å². The van der Waals surface area contributed by atoms with Crippen molar-refractivity contribution in [1.82, 2.24) is 4.90 Å². The second-order valence-corrected chi connectivity index (χ2v) is 6.20. The molecule has 3 rings (SSSR count). The third-order valence-corrected chi connectivity index (χ3v) is 4.43. The van der Waals surface area contributed by atoms with Gasteiger partial charge in [0.1, 0.15) is 0 Å². The topological polar surface area (TPSA) is 38.8 Å². The SMILES string of the molecule is O=C(CCCCC=Cc1ccc2c(c1)OCO2)N1CCCCC1. The van der Waals surface area contributed by atoms with Crippen LogP contribution in [0.2, 0.25) is 0 Å². The van der Waals surface area contributed by atoms with E-state index >= 15 is 0 Å².